The molecule has 33 heavy (non-hydrogen) atoms. The third-order valence-electron chi connectivity index (χ3n) is 4.02. The van der Waals surface area contributed by atoms with Gasteiger partial charge in [-0.3, -0.25) is 5.32 Å². The fourth-order valence-corrected chi connectivity index (χ4v) is 2.85. The highest BCUT2D eigenvalue weighted by molar-refractivity contribution is 6.31. The number of halogens is 1. The number of ether oxygens (including phenoxy) is 2. The number of fused-ring (bicyclic) bond motifs is 1. The van der Waals surface area contributed by atoms with Gasteiger partial charge in [0.15, 0.2) is 0 Å². The van der Waals surface area contributed by atoms with Crippen LogP contribution >= 0.6 is 11.6 Å². The minimum Gasteiger partial charge on any atom is -0.491 e. The van der Waals surface area contributed by atoms with E-state index in [1.54, 1.807) is 51.1 Å². The maximum absolute atomic E-state index is 12.5. The molecule has 0 saturated carbocycles. The second kappa shape index (κ2) is 10.8. The number of rotatable bonds is 7. The fraction of sp³-hybridized carbons (Fsp3) is 0.318. The maximum atomic E-state index is 12.5. The predicted molar refractivity (Wildman–Crippen MR) is 126 cm³/mol. The average Bonchev–Trinajstić information content (AvgIpc) is 2.73. The van der Waals surface area contributed by atoms with Crippen LogP contribution < -0.4 is 20.7 Å². The molecule has 0 saturated heterocycles. The van der Waals surface area contributed by atoms with Crippen LogP contribution in [-0.4, -0.2) is 46.1 Å². The summed E-state index contributed by atoms with van der Waals surface area (Å²) in [4.78, 5) is 28.4. The van der Waals surface area contributed by atoms with E-state index in [1.807, 2.05) is 12.1 Å². The van der Waals surface area contributed by atoms with Gasteiger partial charge in [-0.05, 0) is 57.5 Å². The number of urea groups is 1. The monoisotopic (exact) mass is 472 g/mol. The van der Waals surface area contributed by atoms with Crippen molar-refractivity contribution in [2.75, 3.05) is 23.8 Å². The van der Waals surface area contributed by atoms with Gasteiger partial charge in [-0.15, -0.1) is 10.2 Å². The van der Waals surface area contributed by atoms with Crippen molar-refractivity contribution in [3.05, 3.63) is 47.5 Å². The van der Waals surface area contributed by atoms with Crippen molar-refractivity contribution in [3.63, 3.8) is 0 Å². The Labute approximate surface area is 196 Å². The zero-order valence-electron chi connectivity index (χ0n) is 18.5. The van der Waals surface area contributed by atoms with Gasteiger partial charge < -0.3 is 20.1 Å². The molecule has 0 atom stereocenters. The number of para-hydroxylation sites is 1. The molecule has 3 rings (SSSR count). The molecular weight excluding hydrogens is 448 g/mol. The largest absolute Gasteiger partial charge is 0.491 e. The SMILES string of the molecule is CC(C)(C)OC(=O)NCCCOc1ccc(Cl)cc1NC(=O)Nc1nnc2ccccc2n1. The molecule has 0 radical (unpaired) electrons. The molecule has 0 aliphatic heterocycles. The summed E-state index contributed by atoms with van der Waals surface area (Å²) < 4.78 is 10.9. The quantitative estimate of drug-likeness (QED) is 0.428. The van der Waals surface area contributed by atoms with E-state index in [9.17, 15) is 9.59 Å². The van der Waals surface area contributed by atoms with Crippen LogP contribution in [0, 0.1) is 0 Å². The lowest BCUT2D eigenvalue weighted by molar-refractivity contribution is 0.0525. The molecule has 1 aromatic heterocycles. The molecular formula is C22H25ClN6O4. The van der Waals surface area contributed by atoms with E-state index >= 15 is 0 Å². The van der Waals surface area contributed by atoms with Crippen LogP contribution in [0.4, 0.5) is 21.2 Å². The summed E-state index contributed by atoms with van der Waals surface area (Å²) in [5, 5.41) is 16.2. The third-order valence-corrected chi connectivity index (χ3v) is 4.26. The Hall–Kier alpha value is -3.66. The first kappa shape index (κ1) is 24.0. The van der Waals surface area contributed by atoms with Crippen LogP contribution in [0.3, 0.4) is 0 Å². The number of alkyl carbamates (subject to hydrolysis) is 1. The molecule has 0 aliphatic rings. The normalized spacial score (nSPS) is 11.0. The van der Waals surface area contributed by atoms with Gasteiger partial charge in [-0.1, -0.05) is 23.7 Å². The van der Waals surface area contributed by atoms with Gasteiger partial charge >= 0.3 is 12.1 Å². The molecule has 174 valence electrons. The first-order valence-corrected chi connectivity index (χ1v) is 10.6. The lowest BCUT2D eigenvalue weighted by Crippen LogP contribution is -2.33. The smallest absolute Gasteiger partial charge is 0.407 e. The van der Waals surface area contributed by atoms with Gasteiger partial charge in [0.1, 0.15) is 16.9 Å². The summed E-state index contributed by atoms with van der Waals surface area (Å²) in [5.74, 6) is 0.480. The third kappa shape index (κ3) is 7.76. The number of carbonyl (C=O) groups excluding carboxylic acids is 2. The summed E-state index contributed by atoms with van der Waals surface area (Å²) in [6.07, 6.45) is 0.0443. The Balaban J connectivity index is 1.53. The zero-order chi connectivity index (χ0) is 23.8. The number of hydrogen-bond acceptors (Lipinski definition) is 7. The van der Waals surface area contributed by atoms with E-state index in [-0.39, 0.29) is 5.95 Å². The van der Waals surface area contributed by atoms with Crippen molar-refractivity contribution in [1.29, 1.82) is 0 Å². The standard InChI is InChI=1S/C22H25ClN6O4/c1-22(2,3)33-21(31)24-11-6-12-32-18-10-9-14(23)13-17(18)26-20(30)27-19-25-15-7-4-5-8-16(15)28-29-19/h4-5,7-10,13H,6,11-12H2,1-3H3,(H,24,31)(H2,25,26,27,29,30). The molecule has 0 fully saturated rings. The van der Waals surface area contributed by atoms with Crippen LogP contribution in [0.5, 0.6) is 5.75 Å². The van der Waals surface area contributed by atoms with Crippen LogP contribution in [0.2, 0.25) is 5.02 Å². The molecule has 0 unspecified atom stereocenters. The Morgan fingerprint density at radius 1 is 1.03 bits per heavy atom. The van der Waals surface area contributed by atoms with Crippen molar-refractivity contribution in [3.8, 4) is 5.75 Å². The Bertz CT molecular complexity index is 1140. The number of benzene rings is 2. The molecule has 3 aromatic rings. The predicted octanol–water partition coefficient (Wildman–Crippen LogP) is 4.62. The topological polar surface area (TPSA) is 127 Å². The van der Waals surface area contributed by atoms with Crippen LogP contribution in [0.15, 0.2) is 42.5 Å². The van der Waals surface area contributed by atoms with E-state index in [0.717, 1.165) is 0 Å². The van der Waals surface area contributed by atoms with E-state index in [0.29, 0.717) is 47.1 Å². The highest BCUT2D eigenvalue weighted by Crippen LogP contribution is 2.28. The van der Waals surface area contributed by atoms with E-state index in [4.69, 9.17) is 21.1 Å². The number of anilines is 2. The summed E-state index contributed by atoms with van der Waals surface area (Å²) in [5.41, 5.74) is 1.04. The van der Waals surface area contributed by atoms with Crippen molar-refractivity contribution in [1.82, 2.24) is 20.5 Å². The summed E-state index contributed by atoms with van der Waals surface area (Å²) >= 11 is 6.07. The number of nitrogens with zero attached hydrogens (tertiary/aromatic N) is 3. The molecule has 3 N–H and O–H groups in total. The lowest BCUT2D eigenvalue weighted by atomic mass is 10.2. The first-order chi connectivity index (χ1) is 15.7. The molecule has 11 heteroatoms. The first-order valence-electron chi connectivity index (χ1n) is 10.3. The molecule has 2 aromatic carbocycles. The van der Waals surface area contributed by atoms with E-state index < -0.39 is 17.7 Å². The molecule has 0 aliphatic carbocycles. The van der Waals surface area contributed by atoms with Crippen molar-refractivity contribution < 1.29 is 19.1 Å². The van der Waals surface area contributed by atoms with Gasteiger partial charge in [-0.25, -0.2) is 14.6 Å². The average molecular weight is 473 g/mol. The Kier molecular flexibility index (Phi) is 7.83. The Morgan fingerprint density at radius 3 is 2.55 bits per heavy atom. The lowest BCUT2D eigenvalue weighted by Gasteiger charge is -2.19. The van der Waals surface area contributed by atoms with Gasteiger partial charge in [-0.2, -0.15) is 0 Å². The van der Waals surface area contributed by atoms with Gasteiger partial charge in [0.2, 0.25) is 0 Å². The number of nitrogens with one attached hydrogen (secondary N) is 3. The molecule has 0 bridgehead atoms. The zero-order valence-corrected chi connectivity index (χ0v) is 19.3. The van der Waals surface area contributed by atoms with Gasteiger partial charge in [0.05, 0.1) is 17.8 Å². The van der Waals surface area contributed by atoms with Crippen LogP contribution in [0.1, 0.15) is 27.2 Å². The summed E-state index contributed by atoms with van der Waals surface area (Å²) in [6, 6.07) is 11.5. The fourth-order valence-electron chi connectivity index (χ4n) is 2.67. The molecule has 10 nitrogen and oxygen atoms in total. The van der Waals surface area contributed by atoms with Gasteiger partial charge in [0, 0.05) is 11.6 Å². The summed E-state index contributed by atoms with van der Waals surface area (Å²) in [7, 11) is 0. The Morgan fingerprint density at radius 2 is 1.79 bits per heavy atom. The highest BCUT2D eigenvalue weighted by Gasteiger charge is 2.15. The second-order valence-electron chi connectivity index (χ2n) is 7.97. The minimum atomic E-state index is -0.578. The number of amides is 3. The molecule has 3 amide bonds. The number of aromatic nitrogens is 3. The number of carbonyl (C=O) groups is 2. The van der Waals surface area contributed by atoms with Crippen LogP contribution in [-0.2, 0) is 4.74 Å². The van der Waals surface area contributed by atoms with Gasteiger partial charge in [0.25, 0.3) is 5.95 Å². The van der Waals surface area contributed by atoms with E-state index in [2.05, 4.69) is 31.1 Å². The highest BCUT2D eigenvalue weighted by atomic mass is 35.5. The molecule has 0 spiro atoms. The molecule has 1 heterocycles. The van der Waals surface area contributed by atoms with Crippen molar-refractivity contribution >= 4 is 46.4 Å². The van der Waals surface area contributed by atoms with E-state index in [1.165, 1.54) is 0 Å². The minimum absolute atomic E-state index is 0.0592. The maximum Gasteiger partial charge on any atom is 0.407 e. The second-order valence-corrected chi connectivity index (χ2v) is 8.41. The van der Waals surface area contributed by atoms with Crippen LogP contribution in [0.25, 0.3) is 11.0 Å². The number of hydrogen-bond donors (Lipinski definition) is 3. The van der Waals surface area contributed by atoms with Crippen molar-refractivity contribution in [2.24, 2.45) is 0 Å². The summed E-state index contributed by atoms with van der Waals surface area (Å²) in [6.45, 7) is 6.06. The van der Waals surface area contributed by atoms with Crippen molar-refractivity contribution in [2.45, 2.75) is 32.8 Å².